The number of hydrogen-bond acceptors (Lipinski definition) is 2. The number of nitrogens with zero attached hydrogens (tertiary/aromatic N) is 1. The summed E-state index contributed by atoms with van der Waals surface area (Å²) >= 11 is 0. The lowest BCUT2D eigenvalue weighted by molar-refractivity contribution is 0.303. The van der Waals surface area contributed by atoms with Crippen molar-refractivity contribution in [3.05, 3.63) is 30.3 Å². The highest BCUT2D eigenvalue weighted by molar-refractivity contribution is 5.46. The summed E-state index contributed by atoms with van der Waals surface area (Å²) in [6, 6.07) is 9.82. The monoisotopic (exact) mass is 175 g/mol. The van der Waals surface area contributed by atoms with Gasteiger partial charge in [-0.25, -0.2) is 0 Å². The van der Waals surface area contributed by atoms with E-state index in [1.54, 1.807) is 0 Å². The van der Waals surface area contributed by atoms with Gasteiger partial charge < -0.3 is 10.0 Å². The summed E-state index contributed by atoms with van der Waals surface area (Å²) < 4.78 is 0. The summed E-state index contributed by atoms with van der Waals surface area (Å²) in [5.74, 6) is 2.57. The maximum absolute atomic E-state index is 8.81. The van der Waals surface area contributed by atoms with Gasteiger partial charge in [0.05, 0.1) is 13.2 Å². The summed E-state index contributed by atoms with van der Waals surface area (Å²) in [5.41, 5.74) is 1.05. The molecule has 13 heavy (non-hydrogen) atoms. The summed E-state index contributed by atoms with van der Waals surface area (Å²) in [5, 5.41) is 8.81. The Morgan fingerprint density at radius 3 is 2.54 bits per heavy atom. The van der Waals surface area contributed by atoms with E-state index in [1.807, 2.05) is 35.2 Å². The number of hydrogen-bond donors (Lipinski definition) is 1. The fourth-order valence-electron chi connectivity index (χ4n) is 1.17. The number of benzene rings is 1. The Morgan fingerprint density at radius 2 is 2.00 bits per heavy atom. The van der Waals surface area contributed by atoms with Crippen molar-refractivity contribution in [2.24, 2.45) is 0 Å². The van der Waals surface area contributed by atoms with Gasteiger partial charge in [0.2, 0.25) is 0 Å². The van der Waals surface area contributed by atoms with Gasteiger partial charge in [-0.3, -0.25) is 0 Å². The second-order valence-electron chi connectivity index (χ2n) is 2.68. The van der Waals surface area contributed by atoms with Gasteiger partial charge in [-0.2, -0.15) is 0 Å². The summed E-state index contributed by atoms with van der Waals surface area (Å²) in [4.78, 5) is 1.96. The van der Waals surface area contributed by atoms with Gasteiger partial charge in [0.25, 0.3) is 0 Å². The molecule has 2 heteroatoms. The van der Waals surface area contributed by atoms with Gasteiger partial charge in [-0.05, 0) is 12.1 Å². The topological polar surface area (TPSA) is 23.5 Å². The van der Waals surface area contributed by atoms with Crippen LogP contribution in [-0.4, -0.2) is 24.8 Å². The van der Waals surface area contributed by atoms with E-state index in [-0.39, 0.29) is 6.61 Å². The van der Waals surface area contributed by atoms with Crippen LogP contribution in [0.25, 0.3) is 0 Å². The Balaban J connectivity index is 2.71. The second kappa shape index (κ2) is 5.23. The summed E-state index contributed by atoms with van der Waals surface area (Å²) in [6.07, 6.45) is 5.22. The number of rotatable bonds is 4. The molecule has 0 aliphatic carbocycles. The van der Waals surface area contributed by atoms with Crippen molar-refractivity contribution >= 4 is 5.69 Å². The van der Waals surface area contributed by atoms with Crippen LogP contribution in [0.2, 0.25) is 0 Å². The van der Waals surface area contributed by atoms with Gasteiger partial charge in [-0.15, -0.1) is 6.42 Å². The SMILES string of the molecule is C#CCN(CCO)c1ccccc1. The fraction of sp³-hybridized carbons (Fsp3) is 0.273. The molecule has 0 aromatic heterocycles. The van der Waals surface area contributed by atoms with E-state index in [2.05, 4.69) is 5.92 Å². The molecule has 0 atom stereocenters. The molecule has 0 saturated carbocycles. The van der Waals surface area contributed by atoms with Crippen molar-refractivity contribution in [3.63, 3.8) is 0 Å². The lowest BCUT2D eigenvalue weighted by Crippen LogP contribution is -2.26. The Hall–Kier alpha value is -1.46. The number of terminal acetylenes is 1. The first kappa shape index (κ1) is 9.63. The lowest BCUT2D eigenvalue weighted by atomic mass is 10.3. The smallest absolute Gasteiger partial charge is 0.0792 e. The van der Waals surface area contributed by atoms with E-state index in [1.165, 1.54) is 0 Å². The zero-order chi connectivity index (χ0) is 9.52. The normalized spacial score (nSPS) is 9.23. The molecule has 0 aliphatic rings. The van der Waals surface area contributed by atoms with Crippen LogP contribution in [0.4, 0.5) is 5.69 Å². The van der Waals surface area contributed by atoms with E-state index in [9.17, 15) is 0 Å². The maximum Gasteiger partial charge on any atom is 0.0792 e. The van der Waals surface area contributed by atoms with Crippen molar-refractivity contribution in [1.82, 2.24) is 0 Å². The highest BCUT2D eigenvalue weighted by Crippen LogP contribution is 2.11. The predicted octanol–water partition coefficient (Wildman–Crippen LogP) is 1.12. The predicted molar refractivity (Wildman–Crippen MR) is 54.6 cm³/mol. The van der Waals surface area contributed by atoms with Crippen LogP contribution in [0.1, 0.15) is 0 Å². The average Bonchev–Trinajstić information content (AvgIpc) is 2.19. The first-order chi connectivity index (χ1) is 6.38. The Kier molecular flexibility index (Phi) is 3.87. The maximum atomic E-state index is 8.81. The number of aliphatic hydroxyl groups is 1. The minimum absolute atomic E-state index is 0.122. The van der Waals surface area contributed by atoms with Crippen molar-refractivity contribution in [2.45, 2.75) is 0 Å². The number of anilines is 1. The van der Waals surface area contributed by atoms with E-state index >= 15 is 0 Å². The molecule has 2 nitrogen and oxygen atoms in total. The minimum Gasteiger partial charge on any atom is -0.395 e. The lowest BCUT2D eigenvalue weighted by Gasteiger charge is -2.20. The van der Waals surface area contributed by atoms with E-state index in [4.69, 9.17) is 11.5 Å². The largest absolute Gasteiger partial charge is 0.395 e. The molecule has 1 rings (SSSR count). The molecule has 1 aromatic carbocycles. The molecule has 0 unspecified atom stereocenters. The first-order valence-electron chi connectivity index (χ1n) is 4.23. The highest BCUT2D eigenvalue weighted by atomic mass is 16.3. The number of para-hydroxylation sites is 1. The van der Waals surface area contributed by atoms with Crippen LogP contribution in [0.3, 0.4) is 0 Å². The zero-order valence-corrected chi connectivity index (χ0v) is 7.48. The standard InChI is InChI=1S/C11H13NO/c1-2-8-12(9-10-13)11-6-4-3-5-7-11/h1,3-7,13H,8-10H2. The van der Waals surface area contributed by atoms with Crippen molar-refractivity contribution in [2.75, 3.05) is 24.6 Å². The van der Waals surface area contributed by atoms with Gasteiger partial charge in [0.1, 0.15) is 0 Å². The minimum atomic E-state index is 0.122. The zero-order valence-electron chi connectivity index (χ0n) is 7.48. The van der Waals surface area contributed by atoms with E-state index in [0.29, 0.717) is 13.1 Å². The Labute approximate surface area is 78.8 Å². The second-order valence-corrected chi connectivity index (χ2v) is 2.68. The molecule has 0 amide bonds. The van der Waals surface area contributed by atoms with Crippen LogP contribution in [0, 0.1) is 12.3 Å². The molecule has 0 radical (unpaired) electrons. The Morgan fingerprint density at radius 1 is 1.31 bits per heavy atom. The van der Waals surface area contributed by atoms with Crippen molar-refractivity contribution in [3.8, 4) is 12.3 Å². The molecular formula is C11H13NO. The molecule has 0 heterocycles. The molecular weight excluding hydrogens is 162 g/mol. The van der Waals surface area contributed by atoms with Crippen LogP contribution in [-0.2, 0) is 0 Å². The molecule has 1 aromatic rings. The third-order valence-corrected chi connectivity index (χ3v) is 1.77. The molecule has 0 bridgehead atoms. The van der Waals surface area contributed by atoms with Gasteiger partial charge in [0, 0.05) is 12.2 Å². The average molecular weight is 175 g/mol. The van der Waals surface area contributed by atoms with Gasteiger partial charge in [0.15, 0.2) is 0 Å². The highest BCUT2D eigenvalue weighted by Gasteiger charge is 2.01. The van der Waals surface area contributed by atoms with Gasteiger partial charge in [-0.1, -0.05) is 24.1 Å². The summed E-state index contributed by atoms with van der Waals surface area (Å²) in [7, 11) is 0. The molecule has 68 valence electrons. The molecule has 0 fully saturated rings. The van der Waals surface area contributed by atoms with Crippen LogP contribution in [0.15, 0.2) is 30.3 Å². The Bertz CT molecular complexity index is 276. The first-order valence-corrected chi connectivity index (χ1v) is 4.23. The third-order valence-electron chi connectivity index (χ3n) is 1.77. The fourth-order valence-corrected chi connectivity index (χ4v) is 1.17. The van der Waals surface area contributed by atoms with Crippen molar-refractivity contribution < 1.29 is 5.11 Å². The number of aliphatic hydroxyl groups excluding tert-OH is 1. The molecule has 0 spiro atoms. The third kappa shape index (κ3) is 2.81. The molecule has 1 N–H and O–H groups in total. The molecule has 0 saturated heterocycles. The summed E-state index contributed by atoms with van der Waals surface area (Å²) in [6.45, 7) is 1.23. The van der Waals surface area contributed by atoms with Crippen LogP contribution < -0.4 is 4.90 Å². The molecule has 0 aliphatic heterocycles. The van der Waals surface area contributed by atoms with E-state index in [0.717, 1.165) is 5.69 Å². The van der Waals surface area contributed by atoms with Crippen LogP contribution >= 0.6 is 0 Å². The quantitative estimate of drug-likeness (QED) is 0.693. The van der Waals surface area contributed by atoms with E-state index < -0.39 is 0 Å². The van der Waals surface area contributed by atoms with Crippen molar-refractivity contribution in [1.29, 1.82) is 0 Å². The van der Waals surface area contributed by atoms with Crippen LogP contribution in [0.5, 0.6) is 0 Å². The van der Waals surface area contributed by atoms with Gasteiger partial charge >= 0.3 is 0 Å².